The molecule has 0 saturated carbocycles. The standard InChI is InChI=1S/C14H14F16O10S2/c15-7(16,9(19,20)39-11(23,24)13(27,28)41(31,32)33)1-3-37-5-6-38-4-2-8(17,18)10(21,22)40-12(25,26)14(29,30)42(34,35)36/h1-6H2,(H,31,32,33)(H,34,35,36). The SMILES string of the molecule is O=S(=O)(O)C(F)(F)C(F)(F)OC(F)(F)C(F)(F)CCOCCOCCC(F)(F)C(F)(F)OC(F)(F)C(F)(F)S(=O)(=O)O. The van der Waals surface area contributed by atoms with Gasteiger partial charge in [-0.05, 0) is 0 Å². The minimum atomic E-state index is -7.16. The lowest BCUT2D eigenvalue weighted by molar-refractivity contribution is -0.457. The molecule has 0 unspecified atom stereocenters. The van der Waals surface area contributed by atoms with Crippen LogP contribution in [-0.4, -0.2) is 99.2 Å². The highest BCUT2D eigenvalue weighted by molar-refractivity contribution is 7.87. The van der Waals surface area contributed by atoms with E-state index in [0.717, 1.165) is 0 Å². The second-order valence-electron chi connectivity index (χ2n) is 7.39. The summed E-state index contributed by atoms with van der Waals surface area (Å²) in [5, 5.41) is -13.7. The van der Waals surface area contributed by atoms with Crippen LogP contribution in [0.15, 0.2) is 0 Å². The van der Waals surface area contributed by atoms with Crippen LogP contribution in [0.1, 0.15) is 12.8 Å². The van der Waals surface area contributed by atoms with Crippen molar-refractivity contribution in [2.75, 3.05) is 26.4 Å². The van der Waals surface area contributed by atoms with E-state index < -0.39 is 106 Å². The summed E-state index contributed by atoms with van der Waals surface area (Å²) in [6.45, 7) is -5.46. The van der Waals surface area contributed by atoms with Crippen molar-refractivity contribution in [3.8, 4) is 0 Å². The highest BCUT2D eigenvalue weighted by atomic mass is 32.2. The third-order valence-electron chi connectivity index (χ3n) is 4.18. The van der Waals surface area contributed by atoms with E-state index in [9.17, 15) is 87.1 Å². The Morgan fingerprint density at radius 3 is 0.881 bits per heavy atom. The predicted octanol–water partition coefficient (Wildman–Crippen LogP) is 4.44. The average Bonchev–Trinajstić information content (AvgIpc) is 2.71. The number of alkyl halides is 16. The Morgan fingerprint density at radius 1 is 0.429 bits per heavy atom. The van der Waals surface area contributed by atoms with Gasteiger partial charge in [0, 0.05) is 12.8 Å². The number of halogens is 16. The van der Waals surface area contributed by atoms with E-state index in [1.165, 1.54) is 0 Å². The lowest BCUT2D eigenvalue weighted by atomic mass is 10.2. The molecule has 28 heteroatoms. The van der Waals surface area contributed by atoms with Crippen molar-refractivity contribution in [2.45, 2.75) is 59.6 Å². The first kappa shape index (κ1) is 40.5. The molecule has 0 aliphatic heterocycles. The van der Waals surface area contributed by atoms with Gasteiger partial charge >= 0.3 is 67.0 Å². The van der Waals surface area contributed by atoms with Gasteiger partial charge in [0.2, 0.25) is 0 Å². The summed E-state index contributed by atoms with van der Waals surface area (Å²) >= 11 is 0. The lowest BCUT2D eigenvalue weighted by Crippen LogP contribution is -2.56. The van der Waals surface area contributed by atoms with Crippen molar-refractivity contribution in [1.82, 2.24) is 0 Å². The smallest absolute Gasteiger partial charge is 0.379 e. The molecule has 254 valence electrons. The minimum absolute atomic E-state index is 1.10. The maximum absolute atomic E-state index is 13.5. The van der Waals surface area contributed by atoms with Crippen LogP contribution in [0.25, 0.3) is 0 Å². The molecule has 0 aliphatic rings. The van der Waals surface area contributed by atoms with Crippen LogP contribution < -0.4 is 0 Å². The molecule has 0 spiro atoms. The van der Waals surface area contributed by atoms with Gasteiger partial charge in [0.05, 0.1) is 26.4 Å². The van der Waals surface area contributed by atoms with Crippen LogP contribution in [0, 0.1) is 0 Å². The summed E-state index contributed by atoms with van der Waals surface area (Å²) < 4.78 is 280. The van der Waals surface area contributed by atoms with E-state index in [1.807, 2.05) is 9.47 Å². The van der Waals surface area contributed by atoms with Crippen molar-refractivity contribution < 1.29 is 115 Å². The van der Waals surface area contributed by atoms with Gasteiger partial charge < -0.3 is 9.47 Å². The van der Waals surface area contributed by atoms with Gasteiger partial charge in [-0.3, -0.25) is 9.11 Å². The Labute approximate surface area is 222 Å². The molecule has 2 N–H and O–H groups in total. The minimum Gasteiger partial charge on any atom is -0.379 e. The molecule has 0 radical (unpaired) electrons. The van der Waals surface area contributed by atoms with Crippen molar-refractivity contribution in [1.29, 1.82) is 0 Å². The maximum Gasteiger partial charge on any atom is 0.460 e. The van der Waals surface area contributed by atoms with Gasteiger partial charge in [-0.2, -0.15) is 87.1 Å². The molecule has 0 aliphatic carbocycles. The van der Waals surface area contributed by atoms with Gasteiger partial charge in [-0.15, -0.1) is 0 Å². The van der Waals surface area contributed by atoms with Gasteiger partial charge in [-0.1, -0.05) is 0 Å². The summed E-state index contributed by atoms with van der Waals surface area (Å²) in [7, 11) is -14.3. The van der Waals surface area contributed by atoms with Crippen LogP contribution in [0.5, 0.6) is 0 Å². The number of hydrogen-bond acceptors (Lipinski definition) is 8. The maximum atomic E-state index is 13.5. The first-order valence-corrected chi connectivity index (χ1v) is 12.5. The molecule has 0 atom stereocenters. The fourth-order valence-electron chi connectivity index (χ4n) is 1.90. The molecular formula is C14H14F16O10S2. The molecule has 42 heavy (non-hydrogen) atoms. The summed E-state index contributed by atoms with van der Waals surface area (Å²) in [6, 6.07) is 0. The average molecular weight is 710 g/mol. The summed E-state index contributed by atoms with van der Waals surface area (Å²) in [4.78, 5) is 0. The first-order valence-electron chi connectivity index (χ1n) is 9.64. The zero-order chi connectivity index (χ0) is 34.1. The summed E-state index contributed by atoms with van der Waals surface area (Å²) in [5.41, 5.74) is 0. The normalized spacial score (nSPS) is 15.8. The highest BCUT2D eigenvalue weighted by Crippen LogP contribution is 2.49. The number of ether oxygens (including phenoxy) is 4. The van der Waals surface area contributed by atoms with E-state index in [1.54, 1.807) is 0 Å². The Balaban J connectivity index is 4.88. The van der Waals surface area contributed by atoms with Crippen LogP contribution in [0.2, 0.25) is 0 Å². The molecule has 10 nitrogen and oxygen atoms in total. The van der Waals surface area contributed by atoms with E-state index in [-0.39, 0.29) is 0 Å². The molecule has 0 aromatic heterocycles. The van der Waals surface area contributed by atoms with Crippen molar-refractivity contribution in [3.05, 3.63) is 0 Å². The second kappa shape index (κ2) is 12.5. The van der Waals surface area contributed by atoms with Crippen molar-refractivity contribution in [2.24, 2.45) is 0 Å². The Kier molecular flexibility index (Phi) is 12.1. The summed E-state index contributed by atoms with van der Waals surface area (Å²) in [6.07, 6.45) is -31.7. The third-order valence-corrected chi connectivity index (χ3v) is 5.95. The first-order chi connectivity index (χ1) is 18.1. The Bertz CT molecular complexity index is 1040. The van der Waals surface area contributed by atoms with Gasteiger partial charge in [0.15, 0.2) is 0 Å². The largest absolute Gasteiger partial charge is 0.460 e. The van der Waals surface area contributed by atoms with Gasteiger partial charge in [0.1, 0.15) is 0 Å². The molecular weight excluding hydrogens is 696 g/mol. The zero-order valence-corrected chi connectivity index (χ0v) is 20.9. The van der Waals surface area contributed by atoms with E-state index in [2.05, 4.69) is 9.47 Å². The molecule has 0 heterocycles. The molecule has 0 rings (SSSR count). The topological polar surface area (TPSA) is 146 Å². The van der Waals surface area contributed by atoms with Crippen molar-refractivity contribution >= 4 is 20.2 Å². The zero-order valence-electron chi connectivity index (χ0n) is 19.3. The number of hydrogen-bond donors (Lipinski definition) is 2. The second-order valence-corrected chi connectivity index (χ2v) is 10.3. The van der Waals surface area contributed by atoms with Crippen LogP contribution in [0.3, 0.4) is 0 Å². The summed E-state index contributed by atoms with van der Waals surface area (Å²) in [5.74, 6) is -11.6. The molecule has 0 fully saturated rings. The fourth-order valence-corrected chi connectivity index (χ4v) is 2.59. The quantitative estimate of drug-likeness (QED) is 0.112. The Hall–Kier alpha value is -1.46. The molecule has 0 aromatic rings. The molecule has 0 aromatic carbocycles. The molecule has 0 saturated heterocycles. The van der Waals surface area contributed by atoms with Crippen LogP contribution in [0.4, 0.5) is 70.2 Å². The third kappa shape index (κ3) is 9.03. The van der Waals surface area contributed by atoms with Crippen LogP contribution >= 0.6 is 0 Å². The number of rotatable bonds is 19. The molecule has 0 amide bonds. The highest BCUT2D eigenvalue weighted by Gasteiger charge is 2.75. The van der Waals surface area contributed by atoms with Gasteiger partial charge in [0.25, 0.3) is 0 Å². The molecule has 0 bridgehead atoms. The monoisotopic (exact) mass is 710 g/mol. The fraction of sp³-hybridized carbons (Fsp3) is 1.00. The van der Waals surface area contributed by atoms with Crippen LogP contribution in [-0.2, 0) is 39.2 Å². The Morgan fingerprint density at radius 2 is 0.667 bits per heavy atom. The van der Waals surface area contributed by atoms with E-state index in [4.69, 9.17) is 9.11 Å². The van der Waals surface area contributed by atoms with E-state index >= 15 is 0 Å². The predicted molar refractivity (Wildman–Crippen MR) is 95.7 cm³/mol. The van der Waals surface area contributed by atoms with Gasteiger partial charge in [-0.25, -0.2) is 9.47 Å². The van der Waals surface area contributed by atoms with Crippen molar-refractivity contribution in [3.63, 3.8) is 0 Å². The lowest BCUT2D eigenvalue weighted by Gasteiger charge is -2.31. The van der Waals surface area contributed by atoms with E-state index in [0.29, 0.717) is 0 Å².